The fourth-order valence-electron chi connectivity index (χ4n) is 1.68. The van der Waals surface area contributed by atoms with Crippen molar-refractivity contribution in [3.05, 3.63) is 75.3 Å². The topological polar surface area (TPSA) is 140 Å². The van der Waals surface area contributed by atoms with E-state index in [1.54, 1.807) is 16.9 Å². The molecule has 0 radical (unpaired) electrons. The van der Waals surface area contributed by atoms with Crippen LogP contribution < -0.4 is 9.46 Å². The number of pyridine rings is 1. The van der Waals surface area contributed by atoms with Crippen molar-refractivity contribution in [2.45, 2.75) is 0 Å². The molecule has 0 unspecified atom stereocenters. The van der Waals surface area contributed by atoms with Crippen LogP contribution in [0.2, 0.25) is 0 Å². The molecule has 1 heterocycles. The van der Waals surface area contributed by atoms with E-state index >= 15 is 0 Å². The lowest BCUT2D eigenvalue weighted by atomic mass is 10.2. The quantitative estimate of drug-likeness (QED) is 0.551. The number of aromatic nitrogens is 1. The second-order valence-electron chi connectivity index (χ2n) is 5.22. The molecule has 0 saturated carbocycles. The summed E-state index contributed by atoms with van der Waals surface area (Å²) in [6.07, 6.45) is 2.67. The van der Waals surface area contributed by atoms with Crippen molar-refractivity contribution in [2.24, 2.45) is 0 Å². The maximum Gasteiger partial charge on any atom is 0.287 e. The van der Waals surface area contributed by atoms with Gasteiger partial charge in [0.1, 0.15) is 5.82 Å². The molecular weight excluding hydrogens is 507 g/mol. The first-order valence-electron chi connectivity index (χ1n) is 7.67. The number of rotatable bonds is 6. The van der Waals surface area contributed by atoms with Gasteiger partial charge in [0, 0.05) is 22.1 Å². The van der Waals surface area contributed by atoms with Gasteiger partial charge in [-0.2, -0.15) is 8.42 Å². The van der Waals surface area contributed by atoms with Crippen molar-refractivity contribution in [3.8, 4) is 5.88 Å². The number of carbonyl (C=O) groups is 1. The summed E-state index contributed by atoms with van der Waals surface area (Å²) in [4.78, 5) is 15.3. The fraction of sp³-hybridized carbons (Fsp3) is 0.0588. The van der Waals surface area contributed by atoms with Crippen molar-refractivity contribution in [1.82, 2.24) is 9.71 Å². The van der Waals surface area contributed by atoms with Crippen LogP contribution in [0.4, 0.5) is 4.39 Å². The minimum Gasteiger partial charge on any atom is -0.481 e. The van der Waals surface area contributed by atoms with Crippen molar-refractivity contribution >= 4 is 48.1 Å². The average Bonchev–Trinajstić information content (AvgIpc) is 2.66. The Hall–Kier alpha value is -2.61. The van der Waals surface area contributed by atoms with Crippen molar-refractivity contribution in [1.29, 1.82) is 0 Å². The molecule has 0 aliphatic carbocycles. The molecule has 1 aromatic carbocycles. The largest absolute Gasteiger partial charge is 0.481 e. The van der Waals surface area contributed by atoms with Gasteiger partial charge in [-0.05, 0) is 51.8 Å². The summed E-state index contributed by atoms with van der Waals surface area (Å²) in [5, 5.41) is 1.30. The summed E-state index contributed by atoms with van der Waals surface area (Å²) < 4.78 is 70.6. The predicted octanol–water partition coefficient (Wildman–Crippen LogP) is 2.74. The maximum absolute atomic E-state index is 12.7. The summed E-state index contributed by atoms with van der Waals surface area (Å²) in [6, 6.07) is 6.50. The van der Waals surface area contributed by atoms with Gasteiger partial charge in [-0.1, -0.05) is 6.58 Å². The number of carbonyl (C=O) groups excluding carboxylic acids is 1. The third-order valence-corrected chi connectivity index (χ3v) is 5.08. The molecule has 0 saturated heterocycles. The van der Waals surface area contributed by atoms with E-state index in [1.165, 1.54) is 25.4 Å². The Balaban J connectivity index is 0.000000303. The molecule has 2 rings (SSSR count). The number of amides is 1. The Morgan fingerprint density at radius 2 is 1.93 bits per heavy atom. The van der Waals surface area contributed by atoms with Crippen LogP contribution in [-0.4, -0.2) is 39.4 Å². The van der Waals surface area contributed by atoms with Crippen LogP contribution in [0.3, 0.4) is 0 Å². The molecule has 9 nitrogen and oxygen atoms in total. The van der Waals surface area contributed by atoms with Gasteiger partial charge in [0.25, 0.3) is 26.0 Å². The summed E-state index contributed by atoms with van der Waals surface area (Å²) in [5.74, 6) is -0.948. The number of nitrogens with one attached hydrogen (secondary N) is 1. The lowest BCUT2D eigenvalue weighted by molar-refractivity contribution is 0.0981. The molecule has 2 aromatic rings. The molecule has 30 heavy (non-hydrogen) atoms. The Kier molecular flexibility index (Phi) is 9.29. The molecule has 0 aliphatic heterocycles. The molecule has 0 aliphatic rings. The standard InChI is InChI=1S/C9H7BrFNO3S.C8H9NO4S/c1-2-16(14,15)12-9(13)7-4-3-6(11)5-8(7)10;1-13-8-3-2-7(6-9-8)4-5-14(10,11)12/h2-5H,1H2,(H,12,13);2-6H,1H3,(H,10,11,12). The number of methoxy groups -OCH3 is 1. The number of ether oxygens (including phenoxy) is 1. The van der Waals surface area contributed by atoms with E-state index in [0.29, 0.717) is 22.3 Å². The molecule has 0 spiro atoms. The summed E-state index contributed by atoms with van der Waals surface area (Å²) in [7, 11) is -6.44. The minimum atomic E-state index is -4.08. The van der Waals surface area contributed by atoms with Gasteiger partial charge in [0.2, 0.25) is 5.88 Å². The number of benzene rings is 1. The lowest BCUT2D eigenvalue weighted by Crippen LogP contribution is -2.28. The van der Waals surface area contributed by atoms with Crippen LogP contribution in [0.25, 0.3) is 6.08 Å². The zero-order valence-electron chi connectivity index (χ0n) is 15.3. The first kappa shape index (κ1) is 25.4. The third-order valence-electron chi connectivity index (χ3n) is 3.03. The molecule has 0 atom stereocenters. The predicted molar refractivity (Wildman–Crippen MR) is 112 cm³/mol. The van der Waals surface area contributed by atoms with E-state index in [4.69, 9.17) is 9.29 Å². The van der Waals surface area contributed by atoms with Crippen LogP contribution in [0.1, 0.15) is 15.9 Å². The first-order chi connectivity index (χ1) is 13.9. The number of hydrogen-bond donors (Lipinski definition) is 2. The Labute approximate surface area is 181 Å². The summed E-state index contributed by atoms with van der Waals surface area (Å²) in [6.45, 7) is 3.04. The SMILES string of the molecule is C=CS(=O)(=O)NC(=O)c1ccc(F)cc1Br.COc1ccc(C=CS(=O)(=O)O)cn1. The van der Waals surface area contributed by atoms with Crippen LogP contribution in [0, 0.1) is 5.82 Å². The van der Waals surface area contributed by atoms with Gasteiger partial charge in [-0.15, -0.1) is 0 Å². The van der Waals surface area contributed by atoms with Crippen LogP contribution in [0.15, 0.2) is 58.4 Å². The van der Waals surface area contributed by atoms with Gasteiger partial charge in [0.05, 0.1) is 18.1 Å². The second kappa shape index (κ2) is 11.0. The average molecular weight is 523 g/mol. The number of nitrogens with zero attached hydrogens (tertiary/aromatic N) is 1. The fourth-order valence-corrected chi connectivity index (χ4v) is 2.99. The van der Waals surface area contributed by atoms with Crippen molar-refractivity contribution in [3.63, 3.8) is 0 Å². The summed E-state index contributed by atoms with van der Waals surface area (Å²) >= 11 is 2.96. The van der Waals surface area contributed by atoms with E-state index < -0.39 is 31.9 Å². The van der Waals surface area contributed by atoms with Gasteiger partial charge in [0.15, 0.2) is 0 Å². The molecule has 1 amide bonds. The van der Waals surface area contributed by atoms with Crippen molar-refractivity contribution < 1.29 is 35.3 Å². The number of halogens is 2. The van der Waals surface area contributed by atoms with Crippen LogP contribution >= 0.6 is 15.9 Å². The first-order valence-corrected chi connectivity index (χ1v) is 11.5. The molecule has 162 valence electrons. The Bertz CT molecular complexity index is 1150. The minimum absolute atomic E-state index is 0.0202. The van der Waals surface area contributed by atoms with Gasteiger partial charge >= 0.3 is 0 Å². The molecule has 2 N–H and O–H groups in total. The van der Waals surface area contributed by atoms with Crippen LogP contribution in [-0.2, 0) is 20.1 Å². The number of hydrogen-bond acceptors (Lipinski definition) is 7. The molecule has 0 bridgehead atoms. The van der Waals surface area contributed by atoms with Gasteiger partial charge in [-0.25, -0.2) is 22.5 Å². The summed E-state index contributed by atoms with van der Waals surface area (Å²) in [5.41, 5.74) is 0.579. The highest BCUT2D eigenvalue weighted by Crippen LogP contribution is 2.18. The highest BCUT2D eigenvalue weighted by Gasteiger charge is 2.15. The normalized spacial score (nSPS) is 11.3. The Morgan fingerprint density at radius 1 is 1.27 bits per heavy atom. The van der Waals surface area contributed by atoms with E-state index in [2.05, 4.69) is 27.5 Å². The van der Waals surface area contributed by atoms with E-state index in [9.17, 15) is 26.0 Å². The van der Waals surface area contributed by atoms with E-state index in [0.717, 1.165) is 12.1 Å². The highest BCUT2D eigenvalue weighted by atomic mass is 79.9. The smallest absolute Gasteiger partial charge is 0.287 e. The van der Waals surface area contributed by atoms with E-state index in [1.807, 2.05) is 0 Å². The van der Waals surface area contributed by atoms with Gasteiger partial charge < -0.3 is 4.74 Å². The lowest BCUT2D eigenvalue weighted by Gasteiger charge is -2.04. The highest BCUT2D eigenvalue weighted by molar-refractivity contribution is 9.10. The van der Waals surface area contributed by atoms with E-state index in [-0.39, 0.29) is 10.0 Å². The maximum atomic E-state index is 12.7. The zero-order chi connectivity index (χ0) is 22.9. The number of sulfonamides is 1. The second-order valence-corrected chi connectivity index (χ2v) is 9.00. The van der Waals surface area contributed by atoms with Crippen molar-refractivity contribution in [2.75, 3.05) is 7.11 Å². The van der Waals surface area contributed by atoms with Gasteiger partial charge in [-0.3, -0.25) is 9.35 Å². The zero-order valence-corrected chi connectivity index (χ0v) is 18.5. The molecule has 13 heteroatoms. The Morgan fingerprint density at radius 3 is 2.40 bits per heavy atom. The van der Waals surface area contributed by atoms with Crippen LogP contribution in [0.5, 0.6) is 5.88 Å². The molecule has 1 aromatic heterocycles. The monoisotopic (exact) mass is 522 g/mol. The third kappa shape index (κ3) is 9.26. The molecular formula is C17H16BrFN2O7S2. The molecule has 0 fully saturated rings.